The topological polar surface area (TPSA) is 160 Å². The Kier molecular flexibility index (Phi) is 5.65. The lowest BCUT2D eigenvalue weighted by Gasteiger charge is -2.25. The molecule has 0 atom stereocenters. The van der Waals surface area contributed by atoms with Crippen LogP contribution in [-0.4, -0.2) is 20.9 Å². The van der Waals surface area contributed by atoms with Crippen molar-refractivity contribution in [1.29, 1.82) is 0 Å². The number of rotatable bonds is 6. The quantitative estimate of drug-likeness (QED) is 0.295. The van der Waals surface area contributed by atoms with Crippen molar-refractivity contribution in [3.05, 3.63) is 51.1 Å². The number of hydrogen-bond acceptors (Lipinski definition) is 8. The van der Waals surface area contributed by atoms with E-state index in [2.05, 4.69) is 15.3 Å². The summed E-state index contributed by atoms with van der Waals surface area (Å²) in [5, 5.41) is 26.1. The highest BCUT2D eigenvalue weighted by Crippen LogP contribution is 2.31. The Morgan fingerprint density at radius 1 is 1.26 bits per heavy atom. The number of nitro groups is 1. The molecule has 0 radical (unpaired) electrons. The number of aromatic nitrogens is 3. The molecule has 0 unspecified atom stereocenters. The van der Waals surface area contributed by atoms with E-state index < -0.39 is 4.92 Å². The molecular weight excluding hydrogens is 350 g/mol. The summed E-state index contributed by atoms with van der Waals surface area (Å²) in [7, 11) is 0. The molecule has 2 heterocycles. The Balaban J connectivity index is 1.80. The molecule has 2 aromatic rings. The van der Waals surface area contributed by atoms with Crippen molar-refractivity contribution >= 4 is 17.5 Å². The number of nitrogens with zero attached hydrogens (tertiary/aromatic N) is 4. The van der Waals surface area contributed by atoms with Crippen LogP contribution in [0.25, 0.3) is 0 Å². The van der Waals surface area contributed by atoms with Crippen LogP contribution in [0.4, 0.5) is 17.5 Å². The highest BCUT2D eigenvalue weighted by molar-refractivity contribution is 5.58. The van der Waals surface area contributed by atoms with Gasteiger partial charge in [-0.15, -0.1) is 0 Å². The predicted octanol–water partition coefficient (Wildman–Crippen LogP) is 1.27. The zero-order valence-corrected chi connectivity index (χ0v) is 14.9. The zero-order chi connectivity index (χ0) is 19.4. The normalized spacial score (nSPS) is 19.6. The van der Waals surface area contributed by atoms with Crippen molar-refractivity contribution in [2.24, 2.45) is 11.7 Å². The summed E-state index contributed by atoms with van der Waals surface area (Å²) in [6.07, 6.45) is 5.47. The standard InChI is InChI=1S/C17H23N7O3/c18-12-6-4-11(5-7-12)9-14-15(24(26)27)16(19)22-17(21-14)20-10-13-3-1-2-8-23(13)25/h1-3,8,11-12H,4-7,9-10,18H2,(H3,19,20,21,22). The summed E-state index contributed by atoms with van der Waals surface area (Å²) in [6, 6.07) is 5.25. The van der Waals surface area contributed by atoms with E-state index in [4.69, 9.17) is 11.5 Å². The molecule has 27 heavy (non-hydrogen) atoms. The highest BCUT2D eigenvalue weighted by Gasteiger charge is 2.27. The minimum absolute atomic E-state index is 0.171. The number of nitrogen functional groups attached to an aromatic ring is 1. The summed E-state index contributed by atoms with van der Waals surface area (Å²) < 4.78 is 0.730. The summed E-state index contributed by atoms with van der Waals surface area (Å²) in [4.78, 5) is 19.2. The van der Waals surface area contributed by atoms with Crippen LogP contribution < -0.4 is 21.5 Å². The molecular formula is C17H23N7O3. The Bertz CT molecular complexity index is 822. The fourth-order valence-electron chi connectivity index (χ4n) is 3.38. The van der Waals surface area contributed by atoms with Gasteiger partial charge in [0.1, 0.15) is 12.2 Å². The van der Waals surface area contributed by atoms with Gasteiger partial charge >= 0.3 is 5.69 Å². The first-order valence-electron chi connectivity index (χ1n) is 8.91. The second-order valence-corrected chi connectivity index (χ2v) is 6.84. The molecule has 3 rings (SSSR count). The first kappa shape index (κ1) is 18.8. The number of nitrogens with one attached hydrogen (secondary N) is 1. The molecule has 1 aliphatic rings. The molecule has 1 aliphatic carbocycles. The van der Waals surface area contributed by atoms with Crippen molar-refractivity contribution in [2.45, 2.75) is 44.7 Å². The molecule has 0 aromatic carbocycles. The predicted molar refractivity (Wildman–Crippen MR) is 99.5 cm³/mol. The molecule has 5 N–H and O–H groups in total. The van der Waals surface area contributed by atoms with Gasteiger partial charge in [-0.3, -0.25) is 10.1 Å². The van der Waals surface area contributed by atoms with Crippen molar-refractivity contribution in [2.75, 3.05) is 11.1 Å². The second-order valence-electron chi connectivity index (χ2n) is 6.84. The summed E-state index contributed by atoms with van der Waals surface area (Å²) in [5.41, 5.74) is 12.3. The number of pyridine rings is 1. The molecule has 2 aromatic heterocycles. The third-order valence-electron chi connectivity index (χ3n) is 4.87. The van der Waals surface area contributed by atoms with Gasteiger partial charge in [0.2, 0.25) is 17.5 Å². The van der Waals surface area contributed by atoms with Crippen LogP contribution >= 0.6 is 0 Å². The van der Waals surface area contributed by atoms with Crippen LogP contribution in [0.15, 0.2) is 24.4 Å². The average Bonchev–Trinajstić information content (AvgIpc) is 2.62. The van der Waals surface area contributed by atoms with E-state index >= 15 is 0 Å². The van der Waals surface area contributed by atoms with Crippen LogP contribution in [-0.2, 0) is 13.0 Å². The Morgan fingerprint density at radius 2 is 2.00 bits per heavy atom. The van der Waals surface area contributed by atoms with Gasteiger partial charge in [-0.2, -0.15) is 9.71 Å². The lowest BCUT2D eigenvalue weighted by atomic mass is 9.83. The monoisotopic (exact) mass is 373 g/mol. The Morgan fingerprint density at radius 3 is 2.67 bits per heavy atom. The van der Waals surface area contributed by atoms with E-state index in [1.54, 1.807) is 18.2 Å². The SMILES string of the molecule is Nc1nc(NCc2cccc[n+]2[O-])nc(CC2CCC(N)CC2)c1[N+](=O)[O-]. The minimum Gasteiger partial charge on any atom is -0.618 e. The number of anilines is 2. The van der Waals surface area contributed by atoms with E-state index in [1.807, 2.05) is 0 Å². The molecule has 0 bridgehead atoms. The summed E-state index contributed by atoms with van der Waals surface area (Å²) in [6.45, 7) is 0.180. The maximum atomic E-state index is 11.7. The van der Waals surface area contributed by atoms with Gasteiger partial charge < -0.3 is 22.0 Å². The fraction of sp³-hybridized carbons (Fsp3) is 0.471. The van der Waals surface area contributed by atoms with Gasteiger partial charge in [0.05, 0.1) is 4.92 Å². The van der Waals surface area contributed by atoms with Crippen LogP contribution in [0.2, 0.25) is 0 Å². The van der Waals surface area contributed by atoms with Crippen LogP contribution in [0.5, 0.6) is 0 Å². The maximum Gasteiger partial charge on any atom is 0.332 e. The van der Waals surface area contributed by atoms with Gasteiger partial charge in [0.25, 0.3) is 0 Å². The van der Waals surface area contributed by atoms with E-state index in [0.717, 1.165) is 30.4 Å². The molecule has 10 nitrogen and oxygen atoms in total. The highest BCUT2D eigenvalue weighted by atomic mass is 16.6. The minimum atomic E-state index is -0.536. The van der Waals surface area contributed by atoms with E-state index in [0.29, 0.717) is 17.8 Å². The van der Waals surface area contributed by atoms with E-state index in [-0.39, 0.29) is 36.0 Å². The third kappa shape index (κ3) is 4.59. The maximum absolute atomic E-state index is 11.7. The molecule has 0 saturated heterocycles. The number of nitrogens with two attached hydrogens (primary N) is 2. The first-order valence-corrected chi connectivity index (χ1v) is 8.91. The lowest BCUT2D eigenvalue weighted by Crippen LogP contribution is -2.32. The largest absolute Gasteiger partial charge is 0.618 e. The fourth-order valence-corrected chi connectivity index (χ4v) is 3.38. The van der Waals surface area contributed by atoms with Crippen molar-refractivity contribution in [3.8, 4) is 0 Å². The molecule has 0 aliphatic heterocycles. The van der Waals surface area contributed by atoms with Crippen molar-refractivity contribution < 1.29 is 9.65 Å². The van der Waals surface area contributed by atoms with Crippen molar-refractivity contribution in [3.63, 3.8) is 0 Å². The van der Waals surface area contributed by atoms with E-state index in [1.165, 1.54) is 6.20 Å². The molecule has 1 saturated carbocycles. The third-order valence-corrected chi connectivity index (χ3v) is 4.87. The van der Waals surface area contributed by atoms with Gasteiger partial charge in [-0.25, -0.2) is 4.98 Å². The Hall–Kier alpha value is -3.01. The Labute approximate surface area is 156 Å². The lowest BCUT2D eigenvalue weighted by molar-refractivity contribution is -0.613. The molecule has 0 spiro atoms. The smallest absolute Gasteiger partial charge is 0.332 e. The van der Waals surface area contributed by atoms with Gasteiger partial charge in [0.15, 0.2) is 6.20 Å². The van der Waals surface area contributed by atoms with Crippen LogP contribution in [0.3, 0.4) is 0 Å². The summed E-state index contributed by atoms with van der Waals surface area (Å²) in [5.74, 6) is 0.274. The van der Waals surface area contributed by atoms with Crippen LogP contribution in [0, 0.1) is 21.2 Å². The molecule has 0 amide bonds. The van der Waals surface area contributed by atoms with E-state index in [9.17, 15) is 15.3 Å². The van der Waals surface area contributed by atoms with Crippen molar-refractivity contribution in [1.82, 2.24) is 9.97 Å². The van der Waals surface area contributed by atoms with Crippen LogP contribution in [0.1, 0.15) is 37.1 Å². The average molecular weight is 373 g/mol. The molecule has 144 valence electrons. The number of hydrogen-bond donors (Lipinski definition) is 3. The zero-order valence-electron chi connectivity index (χ0n) is 14.9. The second kappa shape index (κ2) is 8.12. The molecule has 10 heteroatoms. The summed E-state index contributed by atoms with van der Waals surface area (Å²) >= 11 is 0. The first-order chi connectivity index (χ1) is 12.9. The van der Waals surface area contributed by atoms with Gasteiger partial charge in [-0.05, 0) is 44.1 Å². The molecule has 1 fully saturated rings. The van der Waals surface area contributed by atoms with Gasteiger partial charge in [-0.1, -0.05) is 0 Å². The van der Waals surface area contributed by atoms with Gasteiger partial charge in [0, 0.05) is 18.2 Å².